The van der Waals surface area contributed by atoms with Crippen LogP contribution in [0.4, 0.5) is 0 Å². The maximum atomic E-state index is 12.0. The third-order valence-electron chi connectivity index (χ3n) is 3.01. The molecule has 0 atom stereocenters. The van der Waals surface area contributed by atoms with Crippen molar-refractivity contribution < 1.29 is 4.79 Å². The quantitative estimate of drug-likeness (QED) is 0.792. The first kappa shape index (κ1) is 14.7. The first-order valence-corrected chi connectivity index (χ1v) is 7.87. The van der Waals surface area contributed by atoms with Gasteiger partial charge < -0.3 is 5.32 Å². The highest BCUT2D eigenvalue weighted by Gasteiger charge is 2.08. The second kappa shape index (κ2) is 6.68. The SMILES string of the molecule is O=C(NCc1nc(-c2ccncc2)cs1)c1cccc(Cl)c1. The van der Waals surface area contributed by atoms with Crippen molar-refractivity contribution in [2.24, 2.45) is 0 Å². The zero-order chi connectivity index (χ0) is 15.4. The van der Waals surface area contributed by atoms with Crippen LogP contribution < -0.4 is 5.32 Å². The maximum absolute atomic E-state index is 12.0. The summed E-state index contributed by atoms with van der Waals surface area (Å²) in [5.41, 5.74) is 2.44. The van der Waals surface area contributed by atoms with Crippen molar-refractivity contribution in [3.8, 4) is 11.3 Å². The number of rotatable bonds is 4. The molecule has 0 radical (unpaired) electrons. The number of thiazole rings is 1. The number of nitrogens with one attached hydrogen (secondary N) is 1. The van der Waals surface area contributed by atoms with E-state index in [1.54, 1.807) is 36.7 Å². The van der Waals surface area contributed by atoms with Gasteiger partial charge in [-0.3, -0.25) is 9.78 Å². The number of hydrogen-bond donors (Lipinski definition) is 1. The number of hydrogen-bond acceptors (Lipinski definition) is 4. The molecular weight excluding hydrogens is 318 g/mol. The van der Waals surface area contributed by atoms with Gasteiger partial charge in [0, 0.05) is 33.9 Å². The van der Waals surface area contributed by atoms with Gasteiger partial charge in [-0.1, -0.05) is 17.7 Å². The molecular formula is C16H12ClN3OS. The van der Waals surface area contributed by atoms with Crippen molar-refractivity contribution in [3.05, 3.63) is 69.8 Å². The van der Waals surface area contributed by atoms with E-state index in [9.17, 15) is 4.79 Å². The lowest BCUT2D eigenvalue weighted by Gasteiger charge is -2.03. The van der Waals surface area contributed by atoms with Crippen molar-refractivity contribution >= 4 is 28.8 Å². The molecule has 0 aliphatic heterocycles. The molecule has 2 aromatic heterocycles. The number of halogens is 1. The van der Waals surface area contributed by atoms with Crippen LogP contribution in [0.3, 0.4) is 0 Å². The molecule has 0 unspecified atom stereocenters. The molecule has 1 amide bonds. The fraction of sp³-hybridized carbons (Fsp3) is 0.0625. The molecule has 0 saturated heterocycles. The van der Waals surface area contributed by atoms with Crippen molar-refractivity contribution in [2.75, 3.05) is 0 Å². The van der Waals surface area contributed by atoms with Crippen molar-refractivity contribution in [2.45, 2.75) is 6.54 Å². The van der Waals surface area contributed by atoms with Crippen LogP contribution in [0.25, 0.3) is 11.3 Å². The Labute approximate surface area is 136 Å². The van der Waals surface area contributed by atoms with Crippen LogP contribution in [0.5, 0.6) is 0 Å². The van der Waals surface area contributed by atoms with Gasteiger partial charge in [-0.15, -0.1) is 11.3 Å². The minimum atomic E-state index is -0.164. The fourth-order valence-electron chi connectivity index (χ4n) is 1.94. The molecule has 110 valence electrons. The molecule has 1 N–H and O–H groups in total. The van der Waals surface area contributed by atoms with E-state index in [2.05, 4.69) is 15.3 Å². The first-order chi connectivity index (χ1) is 10.7. The Morgan fingerprint density at radius 2 is 2.05 bits per heavy atom. The lowest BCUT2D eigenvalue weighted by atomic mass is 10.2. The molecule has 0 spiro atoms. The molecule has 0 aliphatic rings. The average molecular weight is 330 g/mol. The van der Waals surface area contributed by atoms with E-state index in [1.807, 2.05) is 17.5 Å². The molecule has 6 heteroatoms. The summed E-state index contributed by atoms with van der Waals surface area (Å²) in [5.74, 6) is -0.164. The predicted molar refractivity (Wildman–Crippen MR) is 88.0 cm³/mol. The Bertz CT molecular complexity index is 789. The number of carbonyl (C=O) groups excluding carboxylic acids is 1. The first-order valence-electron chi connectivity index (χ1n) is 6.61. The summed E-state index contributed by atoms with van der Waals surface area (Å²) in [7, 11) is 0. The zero-order valence-electron chi connectivity index (χ0n) is 11.5. The second-order valence-corrected chi connectivity index (χ2v) is 5.93. The number of amides is 1. The van der Waals surface area contributed by atoms with Crippen molar-refractivity contribution in [3.63, 3.8) is 0 Å². The lowest BCUT2D eigenvalue weighted by molar-refractivity contribution is 0.0951. The Kier molecular flexibility index (Phi) is 4.46. The van der Waals surface area contributed by atoms with Crippen LogP contribution in [-0.2, 0) is 6.54 Å². The van der Waals surface area contributed by atoms with E-state index in [0.29, 0.717) is 17.1 Å². The van der Waals surface area contributed by atoms with Gasteiger partial charge in [-0.25, -0.2) is 4.98 Å². The standard InChI is InChI=1S/C16H12ClN3OS/c17-13-3-1-2-12(8-13)16(21)19-9-15-20-14(10-22-15)11-4-6-18-7-5-11/h1-8,10H,9H2,(H,19,21). The van der Waals surface area contributed by atoms with E-state index in [-0.39, 0.29) is 5.91 Å². The van der Waals surface area contributed by atoms with Crippen LogP contribution in [0.1, 0.15) is 15.4 Å². The van der Waals surface area contributed by atoms with Crippen LogP contribution >= 0.6 is 22.9 Å². The molecule has 3 rings (SSSR count). The Morgan fingerprint density at radius 1 is 1.23 bits per heavy atom. The van der Waals surface area contributed by atoms with Gasteiger partial charge in [0.25, 0.3) is 5.91 Å². The summed E-state index contributed by atoms with van der Waals surface area (Å²) in [4.78, 5) is 20.5. The highest BCUT2D eigenvalue weighted by molar-refractivity contribution is 7.09. The van der Waals surface area contributed by atoms with Crippen LogP contribution in [0.2, 0.25) is 5.02 Å². The maximum Gasteiger partial charge on any atom is 0.251 e. The number of benzene rings is 1. The lowest BCUT2D eigenvalue weighted by Crippen LogP contribution is -2.22. The normalized spacial score (nSPS) is 10.4. The molecule has 22 heavy (non-hydrogen) atoms. The molecule has 2 heterocycles. The summed E-state index contributed by atoms with van der Waals surface area (Å²) in [6, 6.07) is 10.7. The molecule has 0 fully saturated rings. The van der Waals surface area contributed by atoms with Crippen LogP contribution in [-0.4, -0.2) is 15.9 Å². The summed E-state index contributed by atoms with van der Waals surface area (Å²) in [5, 5.41) is 6.21. The van der Waals surface area contributed by atoms with Gasteiger partial charge in [-0.05, 0) is 30.3 Å². The van der Waals surface area contributed by atoms with Gasteiger partial charge in [0.2, 0.25) is 0 Å². The molecule has 4 nitrogen and oxygen atoms in total. The Balaban J connectivity index is 1.65. The topological polar surface area (TPSA) is 54.9 Å². The van der Waals surface area contributed by atoms with Crippen molar-refractivity contribution in [1.29, 1.82) is 0 Å². The fourth-order valence-corrected chi connectivity index (χ4v) is 2.87. The van der Waals surface area contributed by atoms with Gasteiger partial charge in [0.1, 0.15) is 5.01 Å². The van der Waals surface area contributed by atoms with E-state index in [0.717, 1.165) is 16.3 Å². The highest BCUT2D eigenvalue weighted by Crippen LogP contribution is 2.21. The largest absolute Gasteiger partial charge is 0.346 e. The summed E-state index contributed by atoms with van der Waals surface area (Å²) in [6.07, 6.45) is 3.46. The van der Waals surface area contributed by atoms with E-state index in [4.69, 9.17) is 11.6 Å². The number of pyridine rings is 1. The van der Waals surface area contributed by atoms with E-state index < -0.39 is 0 Å². The van der Waals surface area contributed by atoms with Gasteiger partial charge in [0.05, 0.1) is 12.2 Å². The van der Waals surface area contributed by atoms with Crippen LogP contribution in [0, 0.1) is 0 Å². The van der Waals surface area contributed by atoms with E-state index in [1.165, 1.54) is 11.3 Å². The molecule has 0 aliphatic carbocycles. The molecule has 0 saturated carbocycles. The summed E-state index contributed by atoms with van der Waals surface area (Å²) >= 11 is 7.39. The summed E-state index contributed by atoms with van der Waals surface area (Å²) < 4.78 is 0. The Hall–Kier alpha value is -2.24. The van der Waals surface area contributed by atoms with E-state index >= 15 is 0 Å². The van der Waals surface area contributed by atoms with Gasteiger partial charge >= 0.3 is 0 Å². The molecule has 0 bridgehead atoms. The number of aromatic nitrogens is 2. The highest BCUT2D eigenvalue weighted by atomic mass is 35.5. The summed E-state index contributed by atoms with van der Waals surface area (Å²) in [6.45, 7) is 0.390. The van der Waals surface area contributed by atoms with Crippen LogP contribution in [0.15, 0.2) is 54.2 Å². The minimum Gasteiger partial charge on any atom is -0.346 e. The third-order valence-corrected chi connectivity index (χ3v) is 4.10. The predicted octanol–water partition coefficient (Wildman–Crippen LogP) is 3.79. The average Bonchev–Trinajstić information content (AvgIpc) is 3.02. The van der Waals surface area contributed by atoms with Crippen molar-refractivity contribution in [1.82, 2.24) is 15.3 Å². The molecule has 3 aromatic rings. The van der Waals surface area contributed by atoms with Gasteiger partial charge in [0.15, 0.2) is 0 Å². The van der Waals surface area contributed by atoms with Gasteiger partial charge in [-0.2, -0.15) is 0 Å². The number of nitrogens with zero attached hydrogens (tertiary/aromatic N) is 2. The Morgan fingerprint density at radius 3 is 2.82 bits per heavy atom. The second-order valence-electron chi connectivity index (χ2n) is 4.56. The monoisotopic (exact) mass is 329 g/mol. The third kappa shape index (κ3) is 3.50. The smallest absolute Gasteiger partial charge is 0.251 e. The molecule has 1 aromatic carbocycles. The number of carbonyl (C=O) groups is 1. The zero-order valence-corrected chi connectivity index (χ0v) is 13.1. The minimum absolute atomic E-state index is 0.164.